The average molecular weight is 278 g/mol. The summed E-state index contributed by atoms with van der Waals surface area (Å²) in [6.45, 7) is 0.270. The highest BCUT2D eigenvalue weighted by molar-refractivity contribution is 7.88. The molecular weight excluding hydrogens is 264 g/mol. The van der Waals surface area contributed by atoms with Gasteiger partial charge in [-0.05, 0) is 12.8 Å². The largest absolute Gasteiger partial charge is 0.344 e. The lowest BCUT2D eigenvalue weighted by atomic mass is 10.0. The molecule has 9 nitrogen and oxygen atoms in total. The zero-order chi connectivity index (χ0) is 13.5. The summed E-state index contributed by atoms with van der Waals surface area (Å²) in [6.07, 6.45) is 1.78. The first-order chi connectivity index (χ1) is 8.29. The van der Waals surface area contributed by atoms with Crippen molar-refractivity contribution in [1.82, 2.24) is 20.2 Å². The maximum Gasteiger partial charge on any atom is 0.344 e. The van der Waals surface area contributed by atoms with Crippen LogP contribution in [0.4, 0.5) is 4.79 Å². The number of nitrogens with one attached hydrogen (secondary N) is 2. The second-order valence-corrected chi connectivity index (χ2v) is 6.14. The molecule has 2 heterocycles. The smallest absolute Gasteiger partial charge is 0.309 e. The second-order valence-electron chi connectivity index (χ2n) is 4.39. The molecule has 0 aromatic rings. The maximum absolute atomic E-state index is 11.8. The number of carbonyl (C=O) groups is 2. The van der Waals surface area contributed by atoms with Crippen LogP contribution in [0.1, 0.15) is 12.8 Å². The van der Waals surface area contributed by atoms with Crippen molar-refractivity contribution in [3.8, 4) is 0 Å². The van der Waals surface area contributed by atoms with E-state index in [1.165, 1.54) is 4.90 Å². The Morgan fingerprint density at radius 3 is 2.72 bits per heavy atom. The van der Waals surface area contributed by atoms with Gasteiger partial charge in [0, 0.05) is 6.54 Å². The Kier molecular flexibility index (Phi) is 3.17. The van der Waals surface area contributed by atoms with Gasteiger partial charge >= 0.3 is 6.03 Å². The van der Waals surface area contributed by atoms with Gasteiger partial charge in [0.2, 0.25) is 10.0 Å². The van der Waals surface area contributed by atoms with Gasteiger partial charge in [-0.15, -0.1) is 4.83 Å². The summed E-state index contributed by atoms with van der Waals surface area (Å²) in [5, 5.41) is 10.0. The molecule has 2 atom stereocenters. The summed E-state index contributed by atoms with van der Waals surface area (Å²) in [5.74, 6) is -0.609. The third-order valence-corrected chi connectivity index (χ3v) is 3.48. The van der Waals surface area contributed by atoms with Gasteiger partial charge < -0.3 is 4.90 Å². The summed E-state index contributed by atoms with van der Waals surface area (Å²) in [7, 11) is -3.54. The number of urea groups is 1. The summed E-state index contributed by atoms with van der Waals surface area (Å²) < 4.78 is 21.7. The van der Waals surface area contributed by atoms with Crippen molar-refractivity contribution in [2.24, 2.45) is 0 Å². The molecular formula is C8H14N4O5S. The Labute approximate surface area is 104 Å². The van der Waals surface area contributed by atoms with Crippen LogP contribution in [0.2, 0.25) is 0 Å². The van der Waals surface area contributed by atoms with Crippen molar-refractivity contribution in [3.63, 3.8) is 0 Å². The predicted molar refractivity (Wildman–Crippen MR) is 58.7 cm³/mol. The van der Waals surface area contributed by atoms with E-state index in [1.807, 2.05) is 10.3 Å². The fourth-order valence-corrected chi connectivity index (χ4v) is 2.44. The molecule has 0 aromatic carbocycles. The van der Waals surface area contributed by atoms with Gasteiger partial charge in [-0.3, -0.25) is 15.4 Å². The molecule has 2 fully saturated rings. The molecule has 10 heteroatoms. The molecule has 0 unspecified atom stereocenters. The monoisotopic (exact) mass is 278 g/mol. The first-order valence-corrected chi connectivity index (χ1v) is 7.24. The number of sulfonamides is 1. The lowest BCUT2D eigenvalue weighted by Crippen LogP contribution is -2.53. The van der Waals surface area contributed by atoms with Crippen LogP contribution in [-0.2, 0) is 14.8 Å². The number of carbonyl (C=O) groups excluding carboxylic acids is 2. The first-order valence-electron chi connectivity index (χ1n) is 5.35. The minimum Gasteiger partial charge on any atom is -0.309 e. The Hall–Kier alpha value is -1.39. The molecule has 2 saturated heterocycles. The van der Waals surface area contributed by atoms with E-state index in [0.29, 0.717) is 17.9 Å². The lowest BCUT2D eigenvalue weighted by molar-refractivity contribution is -0.126. The lowest BCUT2D eigenvalue weighted by Gasteiger charge is -2.28. The van der Waals surface area contributed by atoms with E-state index in [9.17, 15) is 23.2 Å². The summed E-state index contributed by atoms with van der Waals surface area (Å²) >= 11 is 0. The van der Waals surface area contributed by atoms with Crippen molar-refractivity contribution in [1.29, 1.82) is 0 Å². The van der Waals surface area contributed by atoms with Gasteiger partial charge in [0.25, 0.3) is 5.91 Å². The van der Waals surface area contributed by atoms with E-state index in [2.05, 4.69) is 0 Å². The molecule has 2 bridgehead atoms. The van der Waals surface area contributed by atoms with Gasteiger partial charge in [-0.25, -0.2) is 18.3 Å². The van der Waals surface area contributed by atoms with Crippen LogP contribution in [0.15, 0.2) is 0 Å². The van der Waals surface area contributed by atoms with E-state index in [1.54, 1.807) is 0 Å². The first kappa shape index (κ1) is 13.1. The minimum atomic E-state index is -3.54. The van der Waals surface area contributed by atoms with Crippen LogP contribution in [0.25, 0.3) is 0 Å². The molecule has 3 amide bonds. The van der Waals surface area contributed by atoms with E-state index in [4.69, 9.17) is 0 Å². The molecule has 0 spiro atoms. The van der Waals surface area contributed by atoms with Crippen LogP contribution < -0.4 is 10.3 Å². The number of nitrogens with zero attached hydrogens (tertiary/aromatic N) is 2. The number of amides is 3. The standard InChI is InChI=1S/C8H14N4O5S/c1-18(16,17)10-9-7(13)6-3-2-5-4-11(6)8(14)12(5)15/h5-6,10,15H,2-4H2,1H3,(H,9,13)/t5-,6-/m0/s1. The number of hydrogen-bond donors (Lipinski definition) is 3. The molecule has 2 rings (SSSR count). The normalized spacial score (nSPS) is 27.6. The Balaban J connectivity index is 2.02. The van der Waals surface area contributed by atoms with Crippen LogP contribution in [0.5, 0.6) is 0 Å². The highest BCUT2D eigenvalue weighted by Gasteiger charge is 2.46. The van der Waals surface area contributed by atoms with Crippen molar-refractivity contribution in [2.45, 2.75) is 24.9 Å². The molecule has 2 aliphatic rings. The van der Waals surface area contributed by atoms with Gasteiger partial charge in [-0.2, -0.15) is 0 Å². The molecule has 3 N–H and O–H groups in total. The van der Waals surface area contributed by atoms with E-state index in [0.717, 1.165) is 6.26 Å². The fraction of sp³-hybridized carbons (Fsp3) is 0.750. The van der Waals surface area contributed by atoms with E-state index >= 15 is 0 Å². The number of piperidine rings is 1. The summed E-state index contributed by atoms with van der Waals surface area (Å²) in [6, 6.07) is -1.68. The maximum atomic E-state index is 11.8. The molecule has 18 heavy (non-hydrogen) atoms. The van der Waals surface area contributed by atoms with Crippen molar-refractivity contribution < 1.29 is 23.2 Å². The van der Waals surface area contributed by atoms with Crippen LogP contribution >= 0.6 is 0 Å². The molecule has 102 valence electrons. The summed E-state index contributed by atoms with van der Waals surface area (Å²) in [5.41, 5.74) is 2.04. The van der Waals surface area contributed by atoms with Crippen LogP contribution in [0.3, 0.4) is 0 Å². The van der Waals surface area contributed by atoms with Crippen molar-refractivity contribution >= 4 is 22.0 Å². The quantitative estimate of drug-likeness (QED) is 0.417. The van der Waals surface area contributed by atoms with Gasteiger partial charge in [0.1, 0.15) is 6.04 Å². The minimum absolute atomic E-state index is 0.270. The highest BCUT2D eigenvalue weighted by Crippen LogP contribution is 2.28. The van der Waals surface area contributed by atoms with Crippen molar-refractivity contribution in [3.05, 3.63) is 0 Å². The molecule has 0 saturated carbocycles. The molecule has 2 aliphatic heterocycles. The number of rotatable bonds is 3. The average Bonchev–Trinajstić information content (AvgIpc) is 2.51. The fourth-order valence-electron chi connectivity index (χ4n) is 2.15. The number of fused-ring (bicyclic) bond motifs is 2. The third-order valence-electron chi connectivity index (χ3n) is 3.01. The van der Waals surface area contributed by atoms with Gasteiger partial charge in [0.15, 0.2) is 0 Å². The Morgan fingerprint density at radius 2 is 2.11 bits per heavy atom. The zero-order valence-corrected chi connectivity index (χ0v) is 10.5. The predicted octanol–water partition coefficient (Wildman–Crippen LogP) is -1.78. The molecule has 0 radical (unpaired) electrons. The SMILES string of the molecule is CS(=O)(=O)NNC(=O)[C@@H]1CC[C@H]2CN1C(=O)N2O. The highest BCUT2D eigenvalue weighted by atomic mass is 32.2. The molecule has 0 aliphatic carbocycles. The van der Waals surface area contributed by atoms with Crippen LogP contribution in [-0.4, -0.2) is 60.4 Å². The van der Waals surface area contributed by atoms with E-state index < -0.39 is 28.0 Å². The number of hydrazine groups is 1. The van der Waals surface area contributed by atoms with Crippen LogP contribution in [0, 0.1) is 0 Å². The second kappa shape index (κ2) is 4.37. The molecule has 0 aromatic heterocycles. The van der Waals surface area contributed by atoms with Crippen molar-refractivity contribution in [2.75, 3.05) is 12.8 Å². The van der Waals surface area contributed by atoms with E-state index in [-0.39, 0.29) is 12.6 Å². The van der Waals surface area contributed by atoms with Gasteiger partial charge in [-0.1, -0.05) is 0 Å². The summed E-state index contributed by atoms with van der Waals surface area (Å²) in [4.78, 5) is 26.4. The number of hydroxylamine groups is 2. The third kappa shape index (κ3) is 2.40. The Bertz CT molecular complexity index is 478. The van der Waals surface area contributed by atoms with Gasteiger partial charge in [0.05, 0.1) is 12.3 Å². The zero-order valence-electron chi connectivity index (χ0n) is 9.66. The Morgan fingerprint density at radius 1 is 1.44 bits per heavy atom. The number of hydrogen-bond acceptors (Lipinski definition) is 5. The topological polar surface area (TPSA) is 119 Å².